The number of benzene rings is 8. The molecule has 1 aliphatic rings. The molecule has 0 aromatic heterocycles. The summed E-state index contributed by atoms with van der Waals surface area (Å²) in [4.78, 5) is 2.35. The van der Waals surface area contributed by atoms with Gasteiger partial charge in [-0.1, -0.05) is 147 Å². The van der Waals surface area contributed by atoms with E-state index in [2.05, 4.69) is 189 Å². The molecule has 0 N–H and O–H groups in total. The zero-order chi connectivity index (χ0) is 33.1. The second-order valence-corrected chi connectivity index (χ2v) is 13.9. The fourth-order valence-electron chi connectivity index (χ4n) is 7.74. The lowest BCUT2D eigenvalue weighted by Crippen LogP contribution is -2.15. The van der Waals surface area contributed by atoms with E-state index in [1.807, 2.05) is 0 Å². The zero-order valence-electron chi connectivity index (χ0n) is 27.5. The van der Waals surface area contributed by atoms with Crippen LogP contribution in [0.2, 0.25) is 5.02 Å². The molecule has 8 aromatic carbocycles. The molecule has 0 amide bonds. The molecule has 1 aliphatic carbocycles. The summed E-state index contributed by atoms with van der Waals surface area (Å²) in [5, 5.41) is 5.74. The van der Waals surface area contributed by atoms with Crippen molar-refractivity contribution < 1.29 is 0 Å². The summed E-state index contributed by atoms with van der Waals surface area (Å²) in [5.74, 6) is 0. The summed E-state index contributed by atoms with van der Waals surface area (Å²) in [7, 11) is 0. The minimum Gasteiger partial charge on any atom is -0.310 e. The number of anilines is 3. The first-order chi connectivity index (χ1) is 24.0. The highest BCUT2D eigenvalue weighted by atomic mass is 35.5. The van der Waals surface area contributed by atoms with Crippen molar-refractivity contribution in [2.24, 2.45) is 0 Å². The van der Waals surface area contributed by atoms with Gasteiger partial charge in [0, 0.05) is 33.1 Å². The quantitative estimate of drug-likeness (QED) is 0.168. The van der Waals surface area contributed by atoms with Gasteiger partial charge in [0.2, 0.25) is 0 Å². The van der Waals surface area contributed by atoms with Gasteiger partial charge in [0.05, 0.1) is 0 Å². The van der Waals surface area contributed by atoms with E-state index in [1.165, 1.54) is 54.9 Å². The van der Waals surface area contributed by atoms with Crippen LogP contribution in [-0.4, -0.2) is 0 Å². The number of hydrogen-bond acceptors (Lipinski definition) is 1. The molecule has 0 atom stereocenters. The van der Waals surface area contributed by atoms with E-state index in [4.69, 9.17) is 11.6 Å². The minimum atomic E-state index is -0.0891. The standard InChI is InChI=1S/C47H34ClN/c1-47(2)44-15-9-8-14-40(44)43-30-46(48)42(29-45(43)47)35-20-25-37(26-21-35)49(36-23-18-32(19-24-36)31-10-4-3-5-11-31)38-27-22-34-17-16-33-12-6-7-13-39(33)41(34)28-38/h3-30H,1-2H3. The molecule has 8 aromatic rings. The van der Waals surface area contributed by atoms with Gasteiger partial charge in [-0.05, 0) is 109 Å². The molecule has 0 spiro atoms. The van der Waals surface area contributed by atoms with Crippen LogP contribution < -0.4 is 4.90 Å². The Labute approximate surface area is 292 Å². The van der Waals surface area contributed by atoms with Crippen molar-refractivity contribution in [2.75, 3.05) is 4.90 Å². The van der Waals surface area contributed by atoms with Crippen LogP contribution in [0.3, 0.4) is 0 Å². The van der Waals surface area contributed by atoms with Crippen LogP contribution >= 0.6 is 11.6 Å². The van der Waals surface area contributed by atoms with Gasteiger partial charge in [0.15, 0.2) is 0 Å². The second-order valence-electron chi connectivity index (χ2n) is 13.5. The first-order valence-corrected chi connectivity index (χ1v) is 17.2. The van der Waals surface area contributed by atoms with E-state index in [1.54, 1.807) is 0 Å². The van der Waals surface area contributed by atoms with Crippen LogP contribution in [-0.2, 0) is 5.41 Å². The molecule has 0 bridgehead atoms. The topological polar surface area (TPSA) is 3.24 Å². The largest absolute Gasteiger partial charge is 0.310 e. The molecule has 234 valence electrons. The number of nitrogens with zero attached hydrogens (tertiary/aromatic N) is 1. The van der Waals surface area contributed by atoms with Gasteiger partial charge in [-0.25, -0.2) is 0 Å². The Morgan fingerprint density at radius 2 is 0.980 bits per heavy atom. The van der Waals surface area contributed by atoms with Gasteiger partial charge >= 0.3 is 0 Å². The Kier molecular flexibility index (Phi) is 6.93. The second kappa shape index (κ2) is 11.5. The Morgan fingerprint density at radius 3 is 1.73 bits per heavy atom. The summed E-state index contributed by atoms with van der Waals surface area (Å²) in [6, 6.07) is 61.3. The first kappa shape index (κ1) is 29.5. The average Bonchev–Trinajstić information content (AvgIpc) is 3.37. The lowest BCUT2D eigenvalue weighted by Gasteiger charge is -2.26. The molecule has 0 fully saturated rings. The monoisotopic (exact) mass is 647 g/mol. The molecule has 2 heteroatoms. The smallest absolute Gasteiger partial charge is 0.0490 e. The zero-order valence-corrected chi connectivity index (χ0v) is 28.2. The first-order valence-electron chi connectivity index (χ1n) is 16.9. The van der Waals surface area contributed by atoms with E-state index in [0.717, 1.165) is 33.2 Å². The third-order valence-electron chi connectivity index (χ3n) is 10.3. The third kappa shape index (κ3) is 4.93. The molecular weight excluding hydrogens is 614 g/mol. The average molecular weight is 648 g/mol. The maximum Gasteiger partial charge on any atom is 0.0490 e. The summed E-state index contributed by atoms with van der Waals surface area (Å²) in [5.41, 5.74) is 13.0. The highest BCUT2D eigenvalue weighted by Crippen LogP contribution is 2.51. The molecular formula is C47H34ClN. The van der Waals surface area contributed by atoms with Crippen molar-refractivity contribution in [3.05, 3.63) is 186 Å². The predicted octanol–water partition coefficient (Wildman–Crippen LogP) is 13.8. The van der Waals surface area contributed by atoms with E-state index in [0.29, 0.717) is 0 Å². The Morgan fingerprint density at radius 1 is 0.408 bits per heavy atom. The van der Waals surface area contributed by atoms with E-state index in [9.17, 15) is 0 Å². The fourth-order valence-corrected chi connectivity index (χ4v) is 8.02. The van der Waals surface area contributed by atoms with Crippen LogP contribution in [0, 0.1) is 0 Å². The normalized spacial score (nSPS) is 13.0. The van der Waals surface area contributed by atoms with Gasteiger partial charge in [-0.15, -0.1) is 0 Å². The van der Waals surface area contributed by atoms with Crippen molar-refractivity contribution in [2.45, 2.75) is 19.3 Å². The van der Waals surface area contributed by atoms with Crippen LogP contribution in [0.1, 0.15) is 25.0 Å². The van der Waals surface area contributed by atoms with Gasteiger partial charge in [0.25, 0.3) is 0 Å². The molecule has 49 heavy (non-hydrogen) atoms. The molecule has 0 unspecified atom stereocenters. The summed E-state index contributed by atoms with van der Waals surface area (Å²) in [6.07, 6.45) is 0. The predicted molar refractivity (Wildman–Crippen MR) is 210 cm³/mol. The van der Waals surface area contributed by atoms with Crippen LogP contribution in [0.15, 0.2) is 170 Å². The third-order valence-corrected chi connectivity index (χ3v) is 10.6. The Bertz CT molecular complexity index is 2510. The molecule has 0 saturated heterocycles. The lowest BCUT2D eigenvalue weighted by atomic mass is 9.81. The van der Waals surface area contributed by atoms with Gasteiger partial charge in [-0.2, -0.15) is 0 Å². The van der Waals surface area contributed by atoms with Crippen LogP contribution in [0.4, 0.5) is 17.1 Å². The SMILES string of the molecule is CC1(C)c2ccccc2-c2cc(Cl)c(-c3ccc(N(c4ccc(-c5ccccc5)cc4)c4ccc5ccc6ccccc6c5c4)cc3)cc21. The Hall–Kier alpha value is -5.63. The van der Waals surface area contributed by atoms with E-state index < -0.39 is 0 Å². The van der Waals surface area contributed by atoms with Gasteiger partial charge in [0.1, 0.15) is 0 Å². The van der Waals surface area contributed by atoms with E-state index in [-0.39, 0.29) is 5.41 Å². The number of halogens is 1. The maximum absolute atomic E-state index is 7.05. The maximum atomic E-state index is 7.05. The van der Waals surface area contributed by atoms with Crippen molar-refractivity contribution in [3.63, 3.8) is 0 Å². The molecule has 1 nitrogen and oxygen atoms in total. The van der Waals surface area contributed by atoms with Crippen molar-refractivity contribution in [1.29, 1.82) is 0 Å². The van der Waals surface area contributed by atoms with Crippen molar-refractivity contribution >= 4 is 50.2 Å². The molecule has 0 aliphatic heterocycles. The highest BCUT2D eigenvalue weighted by molar-refractivity contribution is 6.33. The van der Waals surface area contributed by atoms with Crippen molar-refractivity contribution in [1.82, 2.24) is 0 Å². The Balaban J connectivity index is 1.15. The summed E-state index contributed by atoms with van der Waals surface area (Å²) >= 11 is 7.05. The van der Waals surface area contributed by atoms with E-state index >= 15 is 0 Å². The highest BCUT2D eigenvalue weighted by Gasteiger charge is 2.36. The molecule has 9 rings (SSSR count). The number of rotatable bonds is 5. The van der Waals surface area contributed by atoms with Crippen LogP contribution in [0.5, 0.6) is 0 Å². The van der Waals surface area contributed by atoms with Crippen molar-refractivity contribution in [3.8, 4) is 33.4 Å². The number of hydrogen-bond donors (Lipinski definition) is 0. The molecule has 0 heterocycles. The minimum absolute atomic E-state index is 0.0891. The summed E-state index contributed by atoms with van der Waals surface area (Å²) in [6.45, 7) is 4.62. The molecule has 0 saturated carbocycles. The summed E-state index contributed by atoms with van der Waals surface area (Å²) < 4.78 is 0. The van der Waals surface area contributed by atoms with Gasteiger partial charge < -0.3 is 4.90 Å². The fraction of sp³-hybridized carbons (Fsp3) is 0.0638. The van der Waals surface area contributed by atoms with Crippen LogP contribution in [0.25, 0.3) is 54.9 Å². The molecule has 0 radical (unpaired) electrons. The number of fused-ring (bicyclic) bond motifs is 6. The lowest BCUT2D eigenvalue weighted by molar-refractivity contribution is 0.660. The van der Waals surface area contributed by atoms with Gasteiger partial charge in [-0.3, -0.25) is 0 Å².